The summed E-state index contributed by atoms with van der Waals surface area (Å²) in [6, 6.07) is 5.16. The number of aromatic nitrogens is 1. The number of pyridine rings is 1. The van der Waals surface area contributed by atoms with E-state index in [1.165, 1.54) is 0 Å². The van der Waals surface area contributed by atoms with E-state index in [2.05, 4.69) is 10.3 Å². The van der Waals surface area contributed by atoms with Crippen LogP contribution in [0.2, 0.25) is 0 Å². The molecule has 1 aromatic rings. The average molecular weight is 247 g/mol. The SMILES string of the molecule is CCC1C(=O)NCCN1C(=O)Cc1ccccn1. The van der Waals surface area contributed by atoms with E-state index in [0.29, 0.717) is 19.5 Å². The Morgan fingerprint density at radius 2 is 2.39 bits per heavy atom. The van der Waals surface area contributed by atoms with Crippen molar-refractivity contribution in [2.45, 2.75) is 25.8 Å². The third kappa shape index (κ3) is 2.67. The van der Waals surface area contributed by atoms with E-state index < -0.39 is 0 Å². The molecule has 5 nitrogen and oxygen atoms in total. The molecule has 0 aromatic carbocycles. The fourth-order valence-corrected chi connectivity index (χ4v) is 2.18. The lowest BCUT2D eigenvalue weighted by Gasteiger charge is -2.34. The van der Waals surface area contributed by atoms with Crippen molar-refractivity contribution >= 4 is 11.8 Å². The zero-order valence-corrected chi connectivity index (χ0v) is 10.4. The van der Waals surface area contributed by atoms with Crippen LogP contribution in [0.5, 0.6) is 0 Å². The predicted octanol–water partition coefficient (Wildman–Crippen LogP) is 0.361. The Labute approximate surface area is 106 Å². The van der Waals surface area contributed by atoms with Crippen LogP contribution < -0.4 is 5.32 Å². The number of hydrogen-bond acceptors (Lipinski definition) is 3. The highest BCUT2D eigenvalue weighted by Gasteiger charge is 2.31. The average Bonchev–Trinajstić information content (AvgIpc) is 2.39. The van der Waals surface area contributed by atoms with Crippen molar-refractivity contribution in [3.63, 3.8) is 0 Å². The number of carbonyl (C=O) groups is 2. The first kappa shape index (κ1) is 12.5. The third-order valence-electron chi connectivity index (χ3n) is 3.10. The van der Waals surface area contributed by atoms with Gasteiger partial charge in [0.15, 0.2) is 0 Å². The number of nitrogens with zero attached hydrogens (tertiary/aromatic N) is 2. The van der Waals surface area contributed by atoms with Crippen LogP contribution in [0.15, 0.2) is 24.4 Å². The fourth-order valence-electron chi connectivity index (χ4n) is 2.18. The van der Waals surface area contributed by atoms with Crippen molar-refractivity contribution in [2.24, 2.45) is 0 Å². The van der Waals surface area contributed by atoms with Crippen molar-refractivity contribution in [3.8, 4) is 0 Å². The molecule has 0 radical (unpaired) electrons. The number of rotatable bonds is 3. The standard InChI is InChI=1S/C13H17N3O2/c1-2-11-13(18)15-7-8-16(11)12(17)9-10-5-3-4-6-14-10/h3-6,11H,2,7-9H2,1H3,(H,15,18). The quantitative estimate of drug-likeness (QED) is 0.839. The lowest BCUT2D eigenvalue weighted by molar-refractivity contribution is -0.142. The van der Waals surface area contributed by atoms with Crippen LogP contribution in [0.25, 0.3) is 0 Å². The summed E-state index contributed by atoms with van der Waals surface area (Å²) in [5, 5.41) is 2.78. The van der Waals surface area contributed by atoms with Gasteiger partial charge in [0, 0.05) is 25.0 Å². The molecule has 0 saturated carbocycles. The molecule has 1 aromatic heterocycles. The molecule has 1 N–H and O–H groups in total. The minimum atomic E-state index is -0.338. The van der Waals surface area contributed by atoms with Gasteiger partial charge in [-0.25, -0.2) is 0 Å². The zero-order valence-electron chi connectivity index (χ0n) is 10.4. The van der Waals surface area contributed by atoms with Gasteiger partial charge in [-0.3, -0.25) is 14.6 Å². The topological polar surface area (TPSA) is 62.3 Å². The first-order chi connectivity index (χ1) is 8.72. The molecular formula is C13H17N3O2. The normalized spacial score (nSPS) is 19.5. The van der Waals surface area contributed by atoms with Gasteiger partial charge in [-0.05, 0) is 18.6 Å². The summed E-state index contributed by atoms with van der Waals surface area (Å²) in [4.78, 5) is 29.7. The van der Waals surface area contributed by atoms with E-state index in [1.807, 2.05) is 25.1 Å². The van der Waals surface area contributed by atoms with Crippen LogP contribution in [-0.4, -0.2) is 40.8 Å². The van der Waals surface area contributed by atoms with Crippen LogP contribution in [0.1, 0.15) is 19.0 Å². The van der Waals surface area contributed by atoms with E-state index >= 15 is 0 Å². The van der Waals surface area contributed by atoms with Gasteiger partial charge in [-0.2, -0.15) is 0 Å². The van der Waals surface area contributed by atoms with Gasteiger partial charge >= 0.3 is 0 Å². The molecule has 1 aliphatic heterocycles. The highest BCUT2D eigenvalue weighted by molar-refractivity contribution is 5.89. The summed E-state index contributed by atoms with van der Waals surface area (Å²) in [5.74, 6) is -0.0893. The molecule has 18 heavy (non-hydrogen) atoms. The van der Waals surface area contributed by atoms with Crippen molar-refractivity contribution < 1.29 is 9.59 Å². The molecule has 2 heterocycles. The Morgan fingerprint density at radius 1 is 1.56 bits per heavy atom. The molecule has 2 rings (SSSR count). The maximum absolute atomic E-state index is 12.2. The minimum Gasteiger partial charge on any atom is -0.353 e. The van der Waals surface area contributed by atoms with Gasteiger partial charge in [0.25, 0.3) is 0 Å². The maximum Gasteiger partial charge on any atom is 0.242 e. The van der Waals surface area contributed by atoms with Gasteiger partial charge in [0.05, 0.1) is 6.42 Å². The second-order valence-corrected chi connectivity index (χ2v) is 4.30. The molecule has 2 amide bonds. The number of amides is 2. The van der Waals surface area contributed by atoms with Gasteiger partial charge in [0.1, 0.15) is 6.04 Å². The molecule has 1 aliphatic rings. The maximum atomic E-state index is 12.2. The second kappa shape index (κ2) is 5.62. The highest BCUT2D eigenvalue weighted by Crippen LogP contribution is 2.10. The largest absolute Gasteiger partial charge is 0.353 e. The lowest BCUT2D eigenvalue weighted by atomic mass is 10.1. The van der Waals surface area contributed by atoms with Gasteiger partial charge in [0.2, 0.25) is 11.8 Å². The van der Waals surface area contributed by atoms with Crippen molar-refractivity contribution in [3.05, 3.63) is 30.1 Å². The molecule has 1 unspecified atom stereocenters. The van der Waals surface area contributed by atoms with Gasteiger partial charge in [-0.1, -0.05) is 13.0 Å². The van der Waals surface area contributed by atoms with Crippen molar-refractivity contribution in [1.29, 1.82) is 0 Å². The van der Waals surface area contributed by atoms with Crippen LogP contribution in [0, 0.1) is 0 Å². The number of nitrogens with one attached hydrogen (secondary N) is 1. The summed E-state index contributed by atoms with van der Waals surface area (Å²) in [6.45, 7) is 3.02. The second-order valence-electron chi connectivity index (χ2n) is 4.30. The number of hydrogen-bond donors (Lipinski definition) is 1. The van der Waals surface area contributed by atoms with Crippen molar-refractivity contribution in [2.75, 3.05) is 13.1 Å². The predicted molar refractivity (Wildman–Crippen MR) is 66.7 cm³/mol. The molecule has 1 atom stereocenters. The first-order valence-electron chi connectivity index (χ1n) is 6.19. The summed E-state index contributed by atoms with van der Waals surface area (Å²) in [6.07, 6.45) is 2.56. The molecule has 1 fully saturated rings. The monoisotopic (exact) mass is 247 g/mol. The summed E-state index contributed by atoms with van der Waals surface area (Å²) in [7, 11) is 0. The number of carbonyl (C=O) groups excluding carboxylic acids is 2. The van der Waals surface area contributed by atoms with E-state index in [9.17, 15) is 9.59 Å². The Kier molecular flexibility index (Phi) is 3.92. The smallest absolute Gasteiger partial charge is 0.242 e. The molecule has 0 spiro atoms. The first-order valence-corrected chi connectivity index (χ1v) is 6.19. The summed E-state index contributed by atoms with van der Waals surface area (Å²) >= 11 is 0. The Hall–Kier alpha value is -1.91. The fraction of sp³-hybridized carbons (Fsp3) is 0.462. The van der Waals surface area contributed by atoms with E-state index in [0.717, 1.165) is 5.69 Å². The minimum absolute atomic E-state index is 0.0320. The van der Waals surface area contributed by atoms with E-state index in [1.54, 1.807) is 11.1 Å². The Balaban J connectivity index is 2.05. The number of piperazine rings is 1. The molecule has 96 valence electrons. The molecular weight excluding hydrogens is 230 g/mol. The van der Waals surface area contributed by atoms with Crippen LogP contribution >= 0.6 is 0 Å². The van der Waals surface area contributed by atoms with E-state index in [-0.39, 0.29) is 24.3 Å². The molecule has 0 bridgehead atoms. The Bertz CT molecular complexity index is 433. The van der Waals surface area contributed by atoms with Gasteiger partial charge < -0.3 is 10.2 Å². The molecule has 0 aliphatic carbocycles. The molecule has 5 heteroatoms. The van der Waals surface area contributed by atoms with Crippen LogP contribution in [0.4, 0.5) is 0 Å². The van der Waals surface area contributed by atoms with E-state index in [4.69, 9.17) is 0 Å². The molecule has 1 saturated heterocycles. The summed E-state index contributed by atoms with van der Waals surface area (Å²) < 4.78 is 0. The third-order valence-corrected chi connectivity index (χ3v) is 3.10. The Morgan fingerprint density at radius 3 is 3.06 bits per heavy atom. The highest BCUT2D eigenvalue weighted by atomic mass is 16.2. The van der Waals surface area contributed by atoms with Gasteiger partial charge in [-0.15, -0.1) is 0 Å². The zero-order chi connectivity index (χ0) is 13.0. The van der Waals surface area contributed by atoms with Crippen LogP contribution in [0.3, 0.4) is 0 Å². The van der Waals surface area contributed by atoms with Crippen LogP contribution in [-0.2, 0) is 16.0 Å². The summed E-state index contributed by atoms with van der Waals surface area (Å²) in [5.41, 5.74) is 0.739. The lowest BCUT2D eigenvalue weighted by Crippen LogP contribution is -2.57. The van der Waals surface area contributed by atoms with Crippen molar-refractivity contribution in [1.82, 2.24) is 15.2 Å².